The molecule has 0 aliphatic rings. The SMILES string of the molecule is Cc1ccc(S(=O)(=O)/N=c2\ssc(=NCc3ccccc3)n2Cc2ccccc2)cc1. The van der Waals surface area contributed by atoms with Crippen LogP contribution < -0.4 is 9.60 Å². The number of benzene rings is 3. The van der Waals surface area contributed by atoms with Crippen molar-refractivity contribution in [3.8, 4) is 0 Å². The lowest BCUT2D eigenvalue weighted by atomic mass is 10.2. The molecule has 4 aromatic rings. The van der Waals surface area contributed by atoms with Gasteiger partial charge in [-0.25, -0.2) is 0 Å². The van der Waals surface area contributed by atoms with Crippen LogP contribution in [0.15, 0.2) is 99.2 Å². The fraction of sp³-hybridized carbons (Fsp3) is 0.130. The fourth-order valence-electron chi connectivity index (χ4n) is 2.93. The van der Waals surface area contributed by atoms with E-state index in [9.17, 15) is 8.42 Å². The molecule has 0 unspecified atom stereocenters. The van der Waals surface area contributed by atoms with E-state index in [1.54, 1.807) is 24.3 Å². The molecule has 0 spiro atoms. The molecule has 3 aromatic carbocycles. The van der Waals surface area contributed by atoms with E-state index < -0.39 is 10.0 Å². The second kappa shape index (κ2) is 9.55. The third-order valence-electron chi connectivity index (χ3n) is 4.59. The van der Waals surface area contributed by atoms with E-state index in [1.165, 1.54) is 20.7 Å². The number of aromatic nitrogens is 1. The first kappa shape index (κ1) is 21.4. The summed E-state index contributed by atoms with van der Waals surface area (Å²) in [6.45, 7) is 2.94. The molecule has 0 N–H and O–H groups in total. The first-order valence-corrected chi connectivity index (χ1v) is 13.3. The van der Waals surface area contributed by atoms with E-state index in [2.05, 4.69) is 4.40 Å². The molecule has 0 saturated carbocycles. The second-order valence-electron chi connectivity index (χ2n) is 6.98. The second-order valence-corrected chi connectivity index (χ2v) is 10.7. The number of hydrogen-bond donors (Lipinski definition) is 0. The maximum atomic E-state index is 12.9. The number of nitrogens with zero attached hydrogens (tertiary/aromatic N) is 3. The van der Waals surface area contributed by atoms with Crippen molar-refractivity contribution in [3.05, 3.63) is 111 Å². The minimum absolute atomic E-state index is 0.186. The van der Waals surface area contributed by atoms with Crippen LogP contribution in [0.2, 0.25) is 0 Å². The van der Waals surface area contributed by atoms with E-state index in [-0.39, 0.29) is 4.90 Å². The summed E-state index contributed by atoms with van der Waals surface area (Å²) in [6, 6.07) is 26.6. The summed E-state index contributed by atoms with van der Waals surface area (Å²) in [6.07, 6.45) is 0. The highest BCUT2D eigenvalue weighted by Crippen LogP contribution is 2.13. The van der Waals surface area contributed by atoms with Crippen LogP contribution in [-0.2, 0) is 23.1 Å². The topological polar surface area (TPSA) is 63.8 Å². The van der Waals surface area contributed by atoms with Crippen LogP contribution in [0.25, 0.3) is 0 Å². The van der Waals surface area contributed by atoms with E-state index in [1.807, 2.05) is 72.2 Å². The minimum atomic E-state index is -3.82. The fourth-order valence-corrected chi connectivity index (χ4v) is 6.46. The summed E-state index contributed by atoms with van der Waals surface area (Å²) in [7, 11) is -1.07. The van der Waals surface area contributed by atoms with E-state index >= 15 is 0 Å². The Hall–Kier alpha value is -2.81. The van der Waals surface area contributed by atoms with Gasteiger partial charge in [0.2, 0.25) is 4.80 Å². The molecule has 8 heteroatoms. The molecule has 0 saturated heterocycles. The predicted octanol–water partition coefficient (Wildman–Crippen LogP) is 4.36. The predicted molar refractivity (Wildman–Crippen MR) is 125 cm³/mol. The molecule has 0 fully saturated rings. The van der Waals surface area contributed by atoms with Crippen LogP contribution in [0.3, 0.4) is 0 Å². The van der Waals surface area contributed by atoms with Crippen molar-refractivity contribution in [1.82, 2.24) is 4.57 Å². The average molecular weight is 468 g/mol. The smallest absolute Gasteiger partial charge is 0.285 e. The van der Waals surface area contributed by atoms with Crippen molar-refractivity contribution in [1.29, 1.82) is 0 Å². The molecule has 0 aliphatic heterocycles. The third-order valence-corrected chi connectivity index (χ3v) is 8.18. The molecule has 1 aromatic heterocycles. The van der Waals surface area contributed by atoms with Crippen LogP contribution in [0.1, 0.15) is 16.7 Å². The maximum absolute atomic E-state index is 12.9. The standard InChI is InChI=1S/C23H21N3O2S3/c1-18-12-14-21(15-13-18)31(27,28)25-23-26(17-20-10-6-3-7-11-20)22(29-30-23)24-16-19-8-4-2-5-9-19/h2-15H,16-17H2,1H3/b24-22?,25-23-. The Morgan fingerprint density at radius 3 is 2.00 bits per heavy atom. The molecule has 5 nitrogen and oxygen atoms in total. The Morgan fingerprint density at radius 1 is 0.774 bits per heavy atom. The summed E-state index contributed by atoms with van der Waals surface area (Å²) < 4.78 is 31.9. The zero-order valence-electron chi connectivity index (χ0n) is 16.9. The van der Waals surface area contributed by atoms with Gasteiger partial charge in [-0.1, -0.05) is 78.4 Å². The van der Waals surface area contributed by atoms with Gasteiger partial charge in [-0.05, 0) is 50.9 Å². The van der Waals surface area contributed by atoms with Crippen LogP contribution in [0.4, 0.5) is 0 Å². The third kappa shape index (κ3) is 5.46. The van der Waals surface area contributed by atoms with Crippen molar-refractivity contribution in [2.45, 2.75) is 24.9 Å². The molecule has 1 heterocycles. The maximum Gasteiger partial charge on any atom is 0.285 e. The van der Waals surface area contributed by atoms with Gasteiger partial charge in [0.25, 0.3) is 10.0 Å². The van der Waals surface area contributed by atoms with Crippen molar-refractivity contribution >= 4 is 30.7 Å². The van der Waals surface area contributed by atoms with Crippen LogP contribution in [-0.4, -0.2) is 13.0 Å². The molecule has 4 rings (SSSR count). The molecule has 158 valence electrons. The molecular weight excluding hydrogens is 446 g/mol. The highest BCUT2D eigenvalue weighted by Gasteiger charge is 2.14. The lowest BCUT2D eigenvalue weighted by Crippen LogP contribution is -2.27. The van der Waals surface area contributed by atoms with Crippen molar-refractivity contribution < 1.29 is 8.42 Å². The van der Waals surface area contributed by atoms with Crippen LogP contribution in [0, 0.1) is 6.92 Å². The summed E-state index contributed by atoms with van der Waals surface area (Å²) in [5, 5.41) is 0. The Bertz CT molecular complexity index is 1380. The monoisotopic (exact) mass is 467 g/mol. The molecular formula is C23H21N3O2S3. The van der Waals surface area contributed by atoms with Crippen LogP contribution >= 0.6 is 20.7 Å². The summed E-state index contributed by atoms with van der Waals surface area (Å²) in [5.41, 5.74) is 3.15. The van der Waals surface area contributed by atoms with E-state index in [0.717, 1.165) is 21.5 Å². The lowest BCUT2D eigenvalue weighted by Gasteiger charge is -2.04. The zero-order valence-corrected chi connectivity index (χ0v) is 19.3. The van der Waals surface area contributed by atoms with Gasteiger partial charge >= 0.3 is 0 Å². The Kier molecular flexibility index (Phi) is 6.60. The summed E-state index contributed by atoms with van der Waals surface area (Å²) in [5.74, 6) is 0. The largest absolute Gasteiger partial charge is 0.288 e. The molecule has 31 heavy (non-hydrogen) atoms. The number of hydrogen-bond acceptors (Lipinski definition) is 5. The Balaban J connectivity index is 1.79. The summed E-state index contributed by atoms with van der Waals surface area (Å²) >= 11 is 0. The lowest BCUT2D eigenvalue weighted by molar-refractivity contribution is 0.595. The van der Waals surface area contributed by atoms with Gasteiger partial charge in [-0.3, -0.25) is 9.56 Å². The Morgan fingerprint density at radius 2 is 1.35 bits per heavy atom. The van der Waals surface area contributed by atoms with Crippen molar-refractivity contribution in [2.24, 2.45) is 9.39 Å². The highest BCUT2D eigenvalue weighted by atomic mass is 32.9. The first-order chi connectivity index (χ1) is 15.0. The van der Waals surface area contributed by atoms with E-state index in [4.69, 9.17) is 4.99 Å². The van der Waals surface area contributed by atoms with Crippen molar-refractivity contribution in [3.63, 3.8) is 0 Å². The quantitative estimate of drug-likeness (QED) is 0.396. The first-order valence-electron chi connectivity index (χ1n) is 9.67. The normalized spacial score (nSPS) is 12.9. The van der Waals surface area contributed by atoms with Gasteiger partial charge in [-0.15, -0.1) is 4.40 Å². The molecule has 0 amide bonds. The molecule has 0 radical (unpaired) electrons. The van der Waals surface area contributed by atoms with E-state index in [0.29, 0.717) is 17.9 Å². The van der Waals surface area contributed by atoms with Gasteiger partial charge in [0.15, 0.2) is 4.80 Å². The van der Waals surface area contributed by atoms with Crippen LogP contribution in [0.5, 0.6) is 0 Å². The number of aryl methyl sites for hydroxylation is 1. The number of rotatable bonds is 6. The van der Waals surface area contributed by atoms with Gasteiger partial charge in [0.1, 0.15) is 0 Å². The average Bonchev–Trinajstić information content (AvgIpc) is 3.14. The van der Waals surface area contributed by atoms with Gasteiger partial charge in [0, 0.05) is 0 Å². The zero-order chi connectivity index (χ0) is 21.7. The molecule has 0 aliphatic carbocycles. The molecule has 0 bridgehead atoms. The minimum Gasteiger partial charge on any atom is -0.288 e. The van der Waals surface area contributed by atoms with Gasteiger partial charge in [-0.2, -0.15) is 8.42 Å². The van der Waals surface area contributed by atoms with Gasteiger partial charge < -0.3 is 0 Å². The molecule has 0 atom stereocenters. The number of sulfonamides is 1. The van der Waals surface area contributed by atoms with Crippen molar-refractivity contribution in [2.75, 3.05) is 0 Å². The summed E-state index contributed by atoms with van der Waals surface area (Å²) in [4.78, 5) is 6.09. The van der Waals surface area contributed by atoms with Gasteiger partial charge in [0.05, 0.1) is 18.0 Å². The highest BCUT2D eigenvalue weighted by molar-refractivity contribution is 7.90. The Labute approximate surface area is 188 Å².